The van der Waals surface area contributed by atoms with E-state index >= 15 is 0 Å². The fraction of sp³-hybridized carbons (Fsp3) is 0.440. The molecule has 13 heteroatoms. The van der Waals surface area contributed by atoms with E-state index in [1.54, 1.807) is 47.4 Å². The molecule has 0 atom stereocenters. The first-order chi connectivity index (χ1) is 17.8. The highest BCUT2D eigenvalue weighted by molar-refractivity contribution is 6.31. The molecule has 2 N–H and O–H groups in total. The van der Waals surface area contributed by atoms with E-state index in [0.29, 0.717) is 42.6 Å². The standard InChI is InChI=1S/C23H31ClN4O3.C2HF3O2/c1-5-27(4)22(29)8-12-28(17(2)3)23(30)18-14-19(24)16-21(15-18)31-13-11-26-20-6-9-25-10-7-20;3-2(4,5)1(6)7/h6-7,9-10,14-17H,5,8,11-13H2,1-4H3,(H,25,26);(H,6,7). The number of carbonyl (C=O) groups excluding carboxylic acids is 2. The third-order valence-corrected chi connectivity index (χ3v) is 5.31. The average molecular weight is 561 g/mol. The molecule has 1 aromatic heterocycles. The van der Waals surface area contributed by atoms with Crippen LogP contribution in [0.25, 0.3) is 0 Å². The van der Waals surface area contributed by atoms with Crippen LogP contribution in [0.5, 0.6) is 5.75 Å². The number of carboxylic acid groups (broad SMARTS) is 1. The second kappa shape index (κ2) is 15.7. The first-order valence-corrected chi connectivity index (χ1v) is 12.1. The SMILES string of the molecule is CCN(C)C(=O)CCN(C(=O)c1cc(Cl)cc(OCCNc2ccncc2)c1)C(C)C.O=C(O)C(F)(F)F. The zero-order chi connectivity index (χ0) is 28.9. The number of halogens is 4. The third kappa shape index (κ3) is 11.7. The minimum Gasteiger partial charge on any atom is -0.492 e. The molecule has 38 heavy (non-hydrogen) atoms. The van der Waals surface area contributed by atoms with Crippen molar-refractivity contribution in [2.75, 3.05) is 38.6 Å². The van der Waals surface area contributed by atoms with E-state index in [2.05, 4.69) is 10.3 Å². The first kappa shape index (κ1) is 32.5. The number of aliphatic carboxylic acids is 1. The largest absolute Gasteiger partial charge is 0.492 e. The number of alkyl halides is 3. The van der Waals surface area contributed by atoms with Crippen LogP contribution in [0.1, 0.15) is 37.6 Å². The molecule has 0 aliphatic carbocycles. The summed E-state index contributed by atoms with van der Waals surface area (Å²) < 4.78 is 37.5. The van der Waals surface area contributed by atoms with Crippen molar-refractivity contribution in [2.45, 2.75) is 39.4 Å². The van der Waals surface area contributed by atoms with Crippen LogP contribution < -0.4 is 10.1 Å². The zero-order valence-electron chi connectivity index (χ0n) is 21.6. The molecule has 9 nitrogen and oxygen atoms in total. The fourth-order valence-corrected chi connectivity index (χ4v) is 3.17. The lowest BCUT2D eigenvalue weighted by Gasteiger charge is -2.27. The van der Waals surface area contributed by atoms with E-state index in [1.165, 1.54) is 0 Å². The number of hydrogen-bond donors (Lipinski definition) is 2. The molecule has 2 rings (SSSR count). The van der Waals surface area contributed by atoms with Gasteiger partial charge in [-0.15, -0.1) is 0 Å². The Bertz CT molecular complexity index is 1060. The van der Waals surface area contributed by atoms with Gasteiger partial charge in [-0.2, -0.15) is 13.2 Å². The van der Waals surface area contributed by atoms with Crippen molar-refractivity contribution < 1.29 is 37.4 Å². The molecule has 0 fully saturated rings. The topological polar surface area (TPSA) is 112 Å². The van der Waals surface area contributed by atoms with Crippen molar-refractivity contribution in [1.29, 1.82) is 0 Å². The molecule has 0 bridgehead atoms. The van der Waals surface area contributed by atoms with Gasteiger partial charge in [0.2, 0.25) is 5.91 Å². The van der Waals surface area contributed by atoms with Gasteiger partial charge in [0.25, 0.3) is 5.91 Å². The Morgan fingerprint density at radius 1 is 1.16 bits per heavy atom. The monoisotopic (exact) mass is 560 g/mol. The summed E-state index contributed by atoms with van der Waals surface area (Å²) in [6.45, 7) is 7.76. The number of carboxylic acids is 1. The summed E-state index contributed by atoms with van der Waals surface area (Å²) in [4.78, 5) is 41.5. The van der Waals surface area contributed by atoms with Crippen LogP contribution in [0.4, 0.5) is 18.9 Å². The maximum atomic E-state index is 13.1. The highest BCUT2D eigenvalue weighted by atomic mass is 35.5. The number of carbonyl (C=O) groups is 3. The minimum absolute atomic E-state index is 0.0118. The van der Waals surface area contributed by atoms with Gasteiger partial charge in [0.15, 0.2) is 0 Å². The molecule has 0 saturated carbocycles. The van der Waals surface area contributed by atoms with Gasteiger partial charge in [-0.25, -0.2) is 4.79 Å². The van der Waals surface area contributed by atoms with Gasteiger partial charge in [0, 0.05) is 67.8 Å². The molecule has 2 amide bonds. The third-order valence-electron chi connectivity index (χ3n) is 5.09. The summed E-state index contributed by atoms with van der Waals surface area (Å²) in [5.74, 6) is -2.40. The van der Waals surface area contributed by atoms with Crippen molar-refractivity contribution in [1.82, 2.24) is 14.8 Å². The molecule has 0 aliphatic rings. The van der Waals surface area contributed by atoms with Gasteiger partial charge in [-0.05, 0) is 51.1 Å². The Morgan fingerprint density at radius 2 is 1.76 bits per heavy atom. The number of nitrogens with one attached hydrogen (secondary N) is 1. The van der Waals surface area contributed by atoms with Crippen LogP contribution in [-0.4, -0.2) is 83.2 Å². The molecule has 0 aliphatic heterocycles. The number of ether oxygens (including phenoxy) is 1. The number of amides is 2. The van der Waals surface area contributed by atoms with E-state index < -0.39 is 12.1 Å². The van der Waals surface area contributed by atoms with Crippen LogP contribution in [0.15, 0.2) is 42.7 Å². The number of benzene rings is 1. The maximum absolute atomic E-state index is 13.1. The predicted octanol–water partition coefficient (Wildman–Crippen LogP) is 4.58. The number of nitrogens with zero attached hydrogens (tertiary/aromatic N) is 3. The summed E-state index contributed by atoms with van der Waals surface area (Å²) in [6, 6.07) is 8.70. The van der Waals surface area contributed by atoms with Crippen molar-refractivity contribution >= 4 is 35.1 Å². The lowest BCUT2D eigenvalue weighted by molar-refractivity contribution is -0.192. The first-order valence-electron chi connectivity index (χ1n) is 11.7. The molecule has 2 aromatic rings. The highest BCUT2D eigenvalue weighted by Gasteiger charge is 2.38. The number of anilines is 1. The Morgan fingerprint density at radius 3 is 2.29 bits per heavy atom. The molecule has 0 radical (unpaired) electrons. The second-order valence-corrected chi connectivity index (χ2v) is 8.68. The molecular weight excluding hydrogens is 529 g/mol. The van der Waals surface area contributed by atoms with Crippen molar-refractivity contribution in [3.05, 3.63) is 53.3 Å². The van der Waals surface area contributed by atoms with E-state index in [4.69, 9.17) is 26.2 Å². The molecule has 210 valence electrons. The summed E-state index contributed by atoms with van der Waals surface area (Å²) in [5.41, 5.74) is 1.39. The average Bonchev–Trinajstić information content (AvgIpc) is 2.85. The fourth-order valence-electron chi connectivity index (χ4n) is 2.95. The van der Waals surface area contributed by atoms with Gasteiger partial charge < -0.3 is 25.0 Å². The van der Waals surface area contributed by atoms with Crippen LogP contribution in [0, 0.1) is 0 Å². The highest BCUT2D eigenvalue weighted by Crippen LogP contribution is 2.23. The summed E-state index contributed by atoms with van der Waals surface area (Å²) in [7, 11) is 1.76. The van der Waals surface area contributed by atoms with Crippen molar-refractivity contribution in [2.24, 2.45) is 0 Å². The summed E-state index contributed by atoms with van der Waals surface area (Å²) in [6.07, 6.45) is -1.38. The van der Waals surface area contributed by atoms with Gasteiger partial charge in [0.1, 0.15) is 12.4 Å². The van der Waals surface area contributed by atoms with Gasteiger partial charge >= 0.3 is 12.1 Å². The second-order valence-electron chi connectivity index (χ2n) is 8.24. The Balaban J connectivity index is 0.000000905. The Kier molecular flexibility index (Phi) is 13.4. The van der Waals surface area contributed by atoms with Gasteiger partial charge in [-0.3, -0.25) is 14.6 Å². The van der Waals surface area contributed by atoms with E-state index in [-0.39, 0.29) is 24.3 Å². The van der Waals surface area contributed by atoms with Crippen LogP contribution in [0.3, 0.4) is 0 Å². The van der Waals surface area contributed by atoms with Crippen molar-refractivity contribution in [3.8, 4) is 5.75 Å². The van der Waals surface area contributed by atoms with Gasteiger partial charge in [0.05, 0.1) is 0 Å². The zero-order valence-corrected chi connectivity index (χ0v) is 22.3. The number of hydrogen-bond acceptors (Lipinski definition) is 6. The number of pyridine rings is 1. The van der Waals surface area contributed by atoms with Gasteiger partial charge in [-0.1, -0.05) is 11.6 Å². The summed E-state index contributed by atoms with van der Waals surface area (Å²) in [5, 5.41) is 10.8. The number of aromatic nitrogens is 1. The van der Waals surface area contributed by atoms with Crippen molar-refractivity contribution in [3.63, 3.8) is 0 Å². The number of rotatable bonds is 11. The Labute approximate surface area is 224 Å². The van der Waals surface area contributed by atoms with E-state index in [0.717, 1.165) is 5.69 Å². The molecule has 1 aromatic carbocycles. The molecular formula is C25H32ClF3N4O5. The molecule has 0 unspecified atom stereocenters. The van der Waals surface area contributed by atoms with Crippen LogP contribution >= 0.6 is 11.6 Å². The normalized spacial score (nSPS) is 10.8. The molecule has 1 heterocycles. The predicted molar refractivity (Wildman–Crippen MR) is 137 cm³/mol. The molecule has 0 saturated heterocycles. The smallest absolute Gasteiger partial charge is 0.490 e. The van der Waals surface area contributed by atoms with E-state index in [1.807, 2.05) is 32.9 Å². The Hall–Kier alpha value is -3.54. The molecule has 0 spiro atoms. The lowest BCUT2D eigenvalue weighted by atomic mass is 10.1. The van der Waals surface area contributed by atoms with Crippen LogP contribution in [0.2, 0.25) is 5.02 Å². The lowest BCUT2D eigenvalue weighted by Crippen LogP contribution is -2.40. The maximum Gasteiger partial charge on any atom is 0.490 e. The quantitative estimate of drug-likeness (QED) is 0.387. The van der Waals surface area contributed by atoms with E-state index in [9.17, 15) is 22.8 Å². The minimum atomic E-state index is -5.08. The van der Waals surface area contributed by atoms with Crippen LogP contribution in [-0.2, 0) is 9.59 Å². The summed E-state index contributed by atoms with van der Waals surface area (Å²) >= 11 is 6.24.